The van der Waals surface area contributed by atoms with Crippen LogP contribution in [-0.2, 0) is 0 Å². The van der Waals surface area contributed by atoms with Gasteiger partial charge in [0.1, 0.15) is 5.75 Å². The first-order valence-corrected chi connectivity index (χ1v) is 7.57. The van der Waals surface area contributed by atoms with Crippen LogP contribution >= 0.6 is 31.9 Å². The average molecular weight is 385 g/mol. The molecule has 0 bridgehead atoms. The molecule has 0 saturated carbocycles. The summed E-state index contributed by atoms with van der Waals surface area (Å²) in [5.74, 6) is 0.316. The fourth-order valence-corrected chi connectivity index (χ4v) is 2.66. The molecule has 1 unspecified atom stereocenters. The summed E-state index contributed by atoms with van der Waals surface area (Å²) in [5.41, 5.74) is 3.02. The number of phenolic OH excluding ortho intramolecular Hbond substituents is 1. The quantitative estimate of drug-likeness (QED) is 0.742. The van der Waals surface area contributed by atoms with E-state index in [1.807, 2.05) is 44.2 Å². The minimum absolute atomic E-state index is 0.0190. The van der Waals surface area contributed by atoms with Crippen molar-refractivity contribution in [2.45, 2.75) is 19.9 Å². The van der Waals surface area contributed by atoms with Crippen LogP contribution in [0.2, 0.25) is 0 Å². The number of anilines is 1. The fraction of sp³-hybridized carbons (Fsp3) is 0.200. The number of aryl methyl sites for hydroxylation is 1. The third-order valence-corrected chi connectivity index (χ3v) is 4.13. The molecule has 4 heteroatoms. The van der Waals surface area contributed by atoms with Gasteiger partial charge in [-0.3, -0.25) is 0 Å². The minimum Gasteiger partial charge on any atom is -0.508 e. The Balaban J connectivity index is 2.27. The van der Waals surface area contributed by atoms with Crippen LogP contribution in [0.1, 0.15) is 24.1 Å². The van der Waals surface area contributed by atoms with Crippen LogP contribution in [0.4, 0.5) is 5.69 Å². The van der Waals surface area contributed by atoms with Crippen molar-refractivity contribution in [3.8, 4) is 5.75 Å². The maximum Gasteiger partial charge on any atom is 0.120 e. The van der Waals surface area contributed by atoms with Crippen molar-refractivity contribution in [1.82, 2.24) is 0 Å². The van der Waals surface area contributed by atoms with Crippen molar-refractivity contribution >= 4 is 37.5 Å². The van der Waals surface area contributed by atoms with E-state index in [0.29, 0.717) is 5.75 Å². The van der Waals surface area contributed by atoms with Crippen molar-refractivity contribution in [2.75, 3.05) is 5.32 Å². The van der Waals surface area contributed by atoms with Gasteiger partial charge in [-0.05, 0) is 54.0 Å². The molecule has 2 nitrogen and oxygen atoms in total. The highest BCUT2D eigenvalue weighted by molar-refractivity contribution is 9.11. The van der Waals surface area contributed by atoms with E-state index in [4.69, 9.17) is 0 Å². The molecule has 0 heterocycles. The van der Waals surface area contributed by atoms with Gasteiger partial charge in [0.25, 0.3) is 0 Å². The molecular formula is C15H15Br2NO. The zero-order valence-corrected chi connectivity index (χ0v) is 13.9. The molecule has 0 aliphatic carbocycles. The summed E-state index contributed by atoms with van der Waals surface area (Å²) in [6.07, 6.45) is 0. The Hall–Kier alpha value is -1.000. The summed E-state index contributed by atoms with van der Waals surface area (Å²) in [6, 6.07) is 11.6. The molecule has 0 spiro atoms. The minimum atomic E-state index is 0.0190. The molecule has 0 fully saturated rings. The van der Waals surface area contributed by atoms with Crippen LogP contribution in [0.5, 0.6) is 5.75 Å². The topological polar surface area (TPSA) is 32.3 Å². The predicted octanol–water partition coefficient (Wildman–Crippen LogP) is 5.40. The molecule has 2 rings (SSSR count). The highest BCUT2D eigenvalue weighted by Crippen LogP contribution is 2.32. The summed E-state index contributed by atoms with van der Waals surface area (Å²) in [7, 11) is 0. The van der Waals surface area contributed by atoms with E-state index in [1.165, 1.54) is 0 Å². The van der Waals surface area contributed by atoms with E-state index < -0.39 is 0 Å². The van der Waals surface area contributed by atoms with Crippen molar-refractivity contribution in [3.05, 3.63) is 56.5 Å². The summed E-state index contributed by atoms with van der Waals surface area (Å²) in [5, 5.41) is 13.3. The normalized spacial score (nSPS) is 12.2. The van der Waals surface area contributed by atoms with Gasteiger partial charge in [-0.2, -0.15) is 0 Å². The molecule has 0 aliphatic heterocycles. The van der Waals surface area contributed by atoms with Gasteiger partial charge < -0.3 is 10.4 Å². The van der Waals surface area contributed by atoms with Gasteiger partial charge in [-0.1, -0.05) is 33.6 Å². The highest BCUT2D eigenvalue weighted by Gasteiger charge is 2.12. The molecule has 2 aromatic carbocycles. The summed E-state index contributed by atoms with van der Waals surface area (Å²) in [4.78, 5) is 0. The molecule has 19 heavy (non-hydrogen) atoms. The number of rotatable bonds is 3. The van der Waals surface area contributed by atoms with Crippen molar-refractivity contribution in [3.63, 3.8) is 0 Å². The molecular weight excluding hydrogens is 370 g/mol. The number of nitrogens with one attached hydrogen (secondary N) is 1. The molecule has 0 radical (unpaired) electrons. The second-order valence-corrected chi connectivity index (χ2v) is 6.32. The van der Waals surface area contributed by atoms with E-state index >= 15 is 0 Å². The van der Waals surface area contributed by atoms with Crippen LogP contribution in [0.3, 0.4) is 0 Å². The lowest BCUT2D eigenvalue weighted by atomic mass is 10.0. The molecule has 2 N–H and O–H groups in total. The Kier molecular flexibility index (Phi) is 4.53. The molecule has 2 aromatic rings. The Morgan fingerprint density at radius 3 is 2.58 bits per heavy atom. The Morgan fingerprint density at radius 1 is 1.11 bits per heavy atom. The Morgan fingerprint density at radius 2 is 1.84 bits per heavy atom. The second-order valence-electron chi connectivity index (χ2n) is 4.55. The van der Waals surface area contributed by atoms with Crippen LogP contribution in [0.25, 0.3) is 0 Å². The largest absolute Gasteiger partial charge is 0.508 e. The molecule has 100 valence electrons. The summed E-state index contributed by atoms with van der Waals surface area (Å²) < 4.78 is 2.01. The van der Waals surface area contributed by atoms with Crippen molar-refractivity contribution in [1.29, 1.82) is 0 Å². The molecule has 1 atom stereocenters. The van der Waals surface area contributed by atoms with Crippen LogP contribution < -0.4 is 5.32 Å². The number of aromatic hydroxyl groups is 1. The van der Waals surface area contributed by atoms with E-state index in [0.717, 1.165) is 25.8 Å². The predicted molar refractivity (Wildman–Crippen MR) is 86.7 cm³/mol. The van der Waals surface area contributed by atoms with Crippen LogP contribution in [-0.4, -0.2) is 5.11 Å². The third kappa shape index (κ3) is 3.51. The Labute approximate surface area is 130 Å². The van der Waals surface area contributed by atoms with Gasteiger partial charge in [-0.25, -0.2) is 0 Å². The zero-order chi connectivity index (χ0) is 14.0. The second kappa shape index (κ2) is 5.97. The van der Waals surface area contributed by atoms with Gasteiger partial charge in [0, 0.05) is 14.5 Å². The average Bonchev–Trinajstić information content (AvgIpc) is 2.36. The summed E-state index contributed by atoms with van der Waals surface area (Å²) >= 11 is 6.98. The lowest BCUT2D eigenvalue weighted by molar-refractivity contribution is 0.465. The summed E-state index contributed by atoms with van der Waals surface area (Å²) in [6.45, 7) is 4.05. The number of phenols is 1. The van der Waals surface area contributed by atoms with Crippen molar-refractivity contribution < 1.29 is 5.11 Å². The van der Waals surface area contributed by atoms with Crippen molar-refractivity contribution in [2.24, 2.45) is 0 Å². The molecule has 0 saturated heterocycles. The van der Waals surface area contributed by atoms with Gasteiger partial charge in [0.15, 0.2) is 0 Å². The SMILES string of the molecule is Cc1ccc(O)c(C(C)Nc2cc(Br)ccc2Br)c1. The maximum absolute atomic E-state index is 9.95. The Bertz CT molecular complexity index is 599. The standard InChI is InChI=1S/C15H15Br2NO/c1-9-3-6-15(19)12(7-9)10(2)18-14-8-11(16)4-5-13(14)17/h3-8,10,18-19H,1-2H3. The molecule has 0 aromatic heterocycles. The highest BCUT2D eigenvalue weighted by atomic mass is 79.9. The van der Waals surface area contributed by atoms with E-state index in [-0.39, 0.29) is 6.04 Å². The number of benzene rings is 2. The first kappa shape index (κ1) is 14.4. The zero-order valence-electron chi connectivity index (χ0n) is 10.7. The smallest absolute Gasteiger partial charge is 0.120 e. The molecule has 0 aliphatic rings. The first-order valence-electron chi connectivity index (χ1n) is 5.98. The van der Waals surface area contributed by atoms with Gasteiger partial charge >= 0.3 is 0 Å². The number of hydrogen-bond donors (Lipinski definition) is 2. The monoisotopic (exact) mass is 383 g/mol. The van der Waals surface area contributed by atoms with E-state index in [1.54, 1.807) is 6.07 Å². The van der Waals surface area contributed by atoms with Crippen LogP contribution in [0.15, 0.2) is 45.3 Å². The van der Waals surface area contributed by atoms with Gasteiger partial charge in [0.05, 0.1) is 11.7 Å². The first-order chi connectivity index (χ1) is 8.97. The van der Waals surface area contributed by atoms with Crippen LogP contribution in [0, 0.1) is 6.92 Å². The lowest BCUT2D eigenvalue weighted by Gasteiger charge is -2.18. The lowest BCUT2D eigenvalue weighted by Crippen LogP contribution is -2.07. The fourth-order valence-electron chi connectivity index (χ4n) is 1.94. The number of halogens is 2. The maximum atomic E-state index is 9.95. The van der Waals surface area contributed by atoms with Gasteiger partial charge in [0.2, 0.25) is 0 Å². The van der Waals surface area contributed by atoms with E-state index in [9.17, 15) is 5.11 Å². The number of hydrogen-bond acceptors (Lipinski definition) is 2. The van der Waals surface area contributed by atoms with Gasteiger partial charge in [-0.15, -0.1) is 0 Å². The third-order valence-electron chi connectivity index (χ3n) is 2.95. The van der Waals surface area contributed by atoms with E-state index in [2.05, 4.69) is 37.2 Å². The molecule has 0 amide bonds.